The summed E-state index contributed by atoms with van der Waals surface area (Å²) in [4.78, 5) is 4.39. The van der Waals surface area contributed by atoms with Crippen LogP contribution < -0.4 is 5.72 Å². The predicted molar refractivity (Wildman–Crippen MR) is 59.5 cm³/mol. The average molecular weight is 194 g/mol. The molecule has 0 spiro atoms. The molecule has 1 heterocycles. The standard InChI is InChI=1S/C10H19BN2O/c1-9(2,3)7-12-8(13-14-7)11-10(4,5)6/h11H,1-6H3. The third-order valence-corrected chi connectivity index (χ3v) is 1.80. The molecule has 4 heteroatoms. The molecule has 0 aliphatic carbocycles. The van der Waals surface area contributed by atoms with E-state index in [1.807, 2.05) is 0 Å². The van der Waals surface area contributed by atoms with Crippen LogP contribution in [0.15, 0.2) is 4.52 Å². The zero-order chi connectivity index (χ0) is 11.0. The molecule has 0 unspecified atom stereocenters. The van der Waals surface area contributed by atoms with Gasteiger partial charge in [0.05, 0.1) is 0 Å². The van der Waals surface area contributed by atoms with Crippen LogP contribution in [-0.2, 0) is 5.41 Å². The maximum atomic E-state index is 5.21. The lowest BCUT2D eigenvalue weighted by Crippen LogP contribution is -2.27. The summed E-state index contributed by atoms with van der Waals surface area (Å²) in [6, 6.07) is 0. The second kappa shape index (κ2) is 3.41. The van der Waals surface area contributed by atoms with Crippen LogP contribution in [0, 0.1) is 0 Å². The number of rotatable bonds is 1. The van der Waals surface area contributed by atoms with Crippen LogP contribution in [0.4, 0.5) is 0 Å². The molecule has 1 aromatic heterocycles. The zero-order valence-corrected chi connectivity index (χ0v) is 10.0. The van der Waals surface area contributed by atoms with Gasteiger partial charge in [0.25, 0.3) is 0 Å². The molecule has 14 heavy (non-hydrogen) atoms. The van der Waals surface area contributed by atoms with Crippen molar-refractivity contribution in [1.29, 1.82) is 0 Å². The number of aromatic nitrogens is 2. The van der Waals surface area contributed by atoms with Gasteiger partial charge in [-0.15, -0.1) is 0 Å². The highest BCUT2D eigenvalue weighted by atomic mass is 16.5. The normalized spacial score (nSPS) is 13.0. The van der Waals surface area contributed by atoms with Crippen molar-refractivity contribution in [2.75, 3.05) is 0 Å². The van der Waals surface area contributed by atoms with E-state index < -0.39 is 0 Å². The van der Waals surface area contributed by atoms with Gasteiger partial charge in [-0.25, -0.2) is 4.98 Å². The van der Waals surface area contributed by atoms with Gasteiger partial charge in [0.15, 0.2) is 0 Å². The summed E-state index contributed by atoms with van der Waals surface area (Å²) in [5.41, 5.74) is 0.755. The van der Waals surface area contributed by atoms with Crippen LogP contribution in [0.3, 0.4) is 0 Å². The summed E-state index contributed by atoms with van der Waals surface area (Å²) in [6.07, 6.45) is 0. The molecular formula is C10H19BN2O. The third-order valence-electron chi connectivity index (χ3n) is 1.80. The summed E-state index contributed by atoms with van der Waals surface area (Å²) in [6.45, 7) is 12.7. The van der Waals surface area contributed by atoms with Gasteiger partial charge in [-0.05, 0) is 0 Å². The van der Waals surface area contributed by atoms with Gasteiger partial charge in [-0.2, -0.15) is 0 Å². The Hall–Kier alpha value is -0.795. The molecule has 1 aromatic rings. The van der Waals surface area contributed by atoms with Crippen molar-refractivity contribution in [1.82, 2.24) is 10.1 Å². The van der Waals surface area contributed by atoms with Crippen molar-refractivity contribution in [3.05, 3.63) is 5.89 Å². The smallest absolute Gasteiger partial charge is 0.231 e. The molecular weight excluding hydrogens is 175 g/mol. The largest absolute Gasteiger partial charge is 0.340 e. The molecule has 0 saturated heterocycles. The fourth-order valence-corrected chi connectivity index (χ4v) is 1.10. The summed E-state index contributed by atoms with van der Waals surface area (Å²) < 4.78 is 5.21. The first-order valence-electron chi connectivity index (χ1n) is 5.01. The number of hydrogen-bond acceptors (Lipinski definition) is 3. The monoisotopic (exact) mass is 194 g/mol. The van der Waals surface area contributed by atoms with Crippen molar-refractivity contribution in [3.63, 3.8) is 0 Å². The molecule has 0 fully saturated rings. The van der Waals surface area contributed by atoms with Gasteiger partial charge >= 0.3 is 0 Å². The first-order valence-corrected chi connectivity index (χ1v) is 5.01. The van der Waals surface area contributed by atoms with Crippen molar-refractivity contribution < 1.29 is 4.52 Å². The minimum absolute atomic E-state index is 0.0524. The van der Waals surface area contributed by atoms with Crippen molar-refractivity contribution in [2.24, 2.45) is 0 Å². The highest BCUT2D eigenvalue weighted by Crippen LogP contribution is 2.21. The second-order valence-corrected chi connectivity index (χ2v) is 6.00. The van der Waals surface area contributed by atoms with Crippen molar-refractivity contribution in [2.45, 2.75) is 52.3 Å². The van der Waals surface area contributed by atoms with E-state index in [-0.39, 0.29) is 10.7 Å². The van der Waals surface area contributed by atoms with Gasteiger partial charge in [0.2, 0.25) is 13.2 Å². The molecule has 78 valence electrons. The van der Waals surface area contributed by atoms with Crippen LogP contribution in [0.25, 0.3) is 0 Å². The fourth-order valence-electron chi connectivity index (χ4n) is 1.10. The minimum Gasteiger partial charge on any atom is -0.340 e. The fraction of sp³-hybridized carbons (Fsp3) is 0.800. The van der Waals surface area contributed by atoms with Crippen LogP contribution in [0.5, 0.6) is 0 Å². The Bertz CT molecular complexity index is 307. The molecule has 1 rings (SSSR count). The molecule has 0 aliphatic rings. The second-order valence-electron chi connectivity index (χ2n) is 6.00. The molecule has 0 aliphatic heterocycles. The van der Waals surface area contributed by atoms with E-state index in [1.165, 1.54) is 0 Å². The molecule has 0 aromatic carbocycles. The molecule has 0 atom stereocenters. The maximum absolute atomic E-state index is 5.21. The van der Waals surface area contributed by atoms with Crippen LogP contribution >= 0.6 is 0 Å². The number of hydrogen-bond donors (Lipinski definition) is 0. The quantitative estimate of drug-likeness (QED) is 0.638. The lowest BCUT2D eigenvalue weighted by Gasteiger charge is -2.13. The average Bonchev–Trinajstić information content (AvgIpc) is 2.29. The van der Waals surface area contributed by atoms with E-state index in [1.54, 1.807) is 0 Å². The summed E-state index contributed by atoms with van der Waals surface area (Å²) in [5.74, 6) is 0.719. The molecule has 3 nitrogen and oxygen atoms in total. The maximum Gasteiger partial charge on any atom is 0.231 e. The van der Waals surface area contributed by atoms with Gasteiger partial charge in [0, 0.05) is 5.41 Å². The molecule has 0 saturated carbocycles. The Morgan fingerprint density at radius 2 is 1.64 bits per heavy atom. The highest BCUT2D eigenvalue weighted by Gasteiger charge is 2.24. The minimum atomic E-state index is -0.0524. The van der Waals surface area contributed by atoms with E-state index in [0.29, 0.717) is 0 Å². The molecule has 0 bridgehead atoms. The van der Waals surface area contributed by atoms with Gasteiger partial charge in [-0.3, -0.25) is 0 Å². The number of nitrogens with zero attached hydrogens (tertiary/aromatic N) is 2. The zero-order valence-electron chi connectivity index (χ0n) is 10.0. The Morgan fingerprint density at radius 1 is 1.07 bits per heavy atom. The topological polar surface area (TPSA) is 38.9 Å². The Labute approximate surface area is 86.5 Å². The van der Waals surface area contributed by atoms with Crippen molar-refractivity contribution >= 4 is 13.0 Å². The Morgan fingerprint density at radius 3 is 2.00 bits per heavy atom. The van der Waals surface area contributed by atoms with Crippen molar-refractivity contribution in [3.8, 4) is 0 Å². The van der Waals surface area contributed by atoms with Gasteiger partial charge in [-0.1, -0.05) is 52.0 Å². The van der Waals surface area contributed by atoms with Crippen LogP contribution in [-0.4, -0.2) is 17.4 Å². The molecule has 0 radical (unpaired) electrons. The lowest BCUT2D eigenvalue weighted by atomic mass is 9.55. The molecule has 0 amide bonds. The summed E-state index contributed by atoms with van der Waals surface area (Å²) >= 11 is 0. The first kappa shape index (κ1) is 11.3. The van der Waals surface area contributed by atoms with E-state index in [9.17, 15) is 0 Å². The highest BCUT2D eigenvalue weighted by molar-refractivity contribution is 6.54. The van der Waals surface area contributed by atoms with Gasteiger partial charge < -0.3 is 4.52 Å². The van der Waals surface area contributed by atoms with Crippen LogP contribution in [0.2, 0.25) is 5.31 Å². The Balaban J connectivity index is 2.79. The summed E-state index contributed by atoms with van der Waals surface area (Å²) in [7, 11) is 0.854. The third kappa shape index (κ3) is 3.16. The van der Waals surface area contributed by atoms with E-state index in [2.05, 4.69) is 51.7 Å². The van der Waals surface area contributed by atoms with Gasteiger partial charge in [0.1, 0.15) is 5.72 Å². The Kier molecular flexibility index (Phi) is 2.75. The lowest BCUT2D eigenvalue weighted by molar-refractivity contribution is 0.321. The molecule has 0 N–H and O–H groups in total. The summed E-state index contributed by atoms with van der Waals surface area (Å²) in [5, 5.41) is 4.19. The predicted octanol–water partition coefficient (Wildman–Crippen LogP) is 1.65. The van der Waals surface area contributed by atoms with Crippen LogP contribution in [0.1, 0.15) is 47.4 Å². The van der Waals surface area contributed by atoms with E-state index >= 15 is 0 Å². The van der Waals surface area contributed by atoms with E-state index in [0.717, 1.165) is 18.9 Å². The SMILES string of the molecule is CC(C)(C)Bc1noc(C(C)(C)C)n1. The van der Waals surface area contributed by atoms with E-state index in [4.69, 9.17) is 4.52 Å². The first-order chi connectivity index (χ1) is 6.18.